The smallest absolute Gasteiger partial charge is 0.216 e. The molecule has 1 heterocycles. The number of rotatable bonds is 2. The molecule has 1 saturated heterocycles. The molecule has 0 spiro atoms. The summed E-state index contributed by atoms with van der Waals surface area (Å²) in [5.41, 5.74) is 0. The van der Waals surface area contributed by atoms with Gasteiger partial charge in [-0.2, -0.15) is 0 Å². The Bertz CT molecular complexity index is 142. The Kier molecular flexibility index (Phi) is 4.04. The van der Waals surface area contributed by atoms with E-state index in [0.717, 1.165) is 26.1 Å². The second-order valence-corrected chi connectivity index (χ2v) is 2.99. The van der Waals surface area contributed by atoms with Gasteiger partial charge in [0.15, 0.2) is 0 Å². The Morgan fingerprint density at radius 2 is 2.58 bits per heavy atom. The van der Waals surface area contributed by atoms with Crippen LogP contribution in [0.5, 0.6) is 0 Å². The molecule has 1 unspecified atom stereocenters. The topological polar surface area (TPSA) is 50.4 Å². The Balaban J connectivity index is 2.16. The number of carbonyl (C=O) groups excluding carboxylic acids is 1. The maximum absolute atomic E-state index is 10.6. The summed E-state index contributed by atoms with van der Waals surface area (Å²) < 4.78 is 5.48. The minimum Gasteiger partial charge on any atom is -0.375 e. The van der Waals surface area contributed by atoms with Crippen molar-refractivity contribution in [3.63, 3.8) is 0 Å². The van der Waals surface area contributed by atoms with E-state index in [1.807, 2.05) is 0 Å². The van der Waals surface area contributed by atoms with E-state index in [4.69, 9.17) is 4.74 Å². The van der Waals surface area contributed by atoms with Crippen molar-refractivity contribution in [2.24, 2.45) is 0 Å². The normalized spacial score (nSPS) is 24.6. The molecule has 0 aliphatic carbocycles. The highest BCUT2D eigenvalue weighted by atomic mass is 16.5. The molecule has 2 N–H and O–H groups in total. The fraction of sp³-hybridized carbons (Fsp3) is 0.875. The van der Waals surface area contributed by atoms with E-state index >= 15 is 0 Å². The monoisotopic (exact) mass is 172 g/mol. The van der Waals surface area contributed by atoms with Crippen LogP contribution in [0.25, 0.3) is 0 Å². The van der Waals surface area contributed by atoms with Crippen molar-refractivity contribution >= 4 is 5.91 Å². The van der Waals surface area contributed by atoms with Crippen molar-refractivity contribution in [3.8, 4) is 0 Å². The van der Waals surface area contributed by atoms with E-state index in [9.17, 15) is 4.79 Å². The molecule has 0 bridgehead atoms. The number of amides is 1. The van der Waals surface area contributed by atoms with Crippen LogP contribution in [-0.4, -0.2) is 38.3 Å². The molecular weight excluding hydrogens is 156 g/mol. The minimum absolute atomic E-state index is 0.00264. The van der Waals surface area contributed by atoms with Crippen LogP contribution in [0.1, 0.15) is 13.3 Å². The van der Waals surface area contributed by atoms with Crippen LogP contribution in [0.4, 0.5) is 0 Å². The molecule has 4 heteroatoms. The lowest BCUT2D eigenvalue weighted by Gasteiger charge is -2.14. The molecule has 0 aromatic carbocycles. The fourth-order valence-electron chi connectivity index (χ4n) is 1.16. The zero-order valence-electron chi connectivity index (χ0n) is 7.43. The van der Waals surface area contributed by atoms with Crippen LogP contribution >= 0.6 is 0 Å². The third kappa shape index (κ3) is 3.69. The maximum atomic E-state index is 10.6. The van der Waals surface area contributed by atoms with Crippen LogP contribution in [-0.2, 0) is 9.53 Å². The van der Waals surface area contributed by atoms with Gasteiger partial charge in [0.05, 0.1) is 6.10 Å². The number of ether oxygens (including phenoxy) is 1. The predicted molar refractivity (Wildman–Crippen MR) is 45.9 cm³/mol. The third-order valence-electron chi connectivity index (χ3n) is 1.80. The lowest BCUT2D eigenvalue weighted by molar-refractivity contribution is -0.119. The molecule has 1 amide bonds. The summed E-state index contributed by atoms with van der Waals surface area (Å²) in [5.74, 6) is 0.00264. The molecule has 12 heavy (non-hydrogen) atoms. The second kappa shape index (κ2) is 5.11. The molecule has 0 saturated carbocycles. The summed E-state index contributed by atoms with van der Waals surface area (Å²) in [4.78, 5) is 10.6. The summed E-state index contributed by atoms with van der Waals surface area (Å²) in [5, 5.41) is 5.98. The lowest BCUT2D eigenvalue weighted by Crippen LogP contribution is -2.37. The van der Waals surface area contributed by atoms with Crippen molar-refractivity contribution in [2.75, 3.05) is 26.2 Å². The zero-order chi connectivity index (χ0) is 8.81. The first-order valence-electron chi connectivity index (χ1n) is 4.36. The number of hydrogen-bond acceptors (Lipinski definition) is 3. The summed E-state index contributed by atoms with van der Waals surface area (Å²) in [6, 6.07) is 0. The van der Waals surface area contributed by atoms with Crippen LogP contribution in [0.3, 0.4) is 0 Å². The number of hydrogen-bond donors (Lipinski definition) is 2. The van der Waals surface area contributed by atoms with E-state index < -0.39 is 0 Å². The van der Waals surface area contributed by atoms with Crippen LogP contribution in [0.15, 0.2) is 0 Å². The highest BCUT2D eigenvalue weighted by Gasteiger charge is 2.11. The highest BCUT2D eigenvalue weighted by Crippen LogP contribution is 1.95. The predicted octanol–water partition coefficient (Wildman–Crippen LogP) is -0.499. The van der Waals surface area contributed by atoms with Crippen LogP contribution < -0.4 is 10.6 Å². The standard InChI is InChI=1S/C8H16N2O2/c1-7(11)10-6-8-5-9-3-2-4-12-8/h8-9H,2-6H2,1H3,(H,10,11). The average molecular weight is 172 g/mol. The molecule has 4 nitrogen and oxygen atoms in total. The largest absolute Gasteiger partial charge is 0.375 e. The van der Waals surface area contributed by atoms with E-state index in [1.165, 1.54) is 6.92 Å². The SMILES string of the molecule is CC(=O)NCC1CNCCCO1. The Morgan fingerprint density at radius 3 is 3.33 bits per heavy atom. The van der Waals surface area contributed by atoms with E-state index in [-0.39, 0.29) is 12.0 Å². The van der Waals surface area contributed by atoms with Gasteiger partial charge in [0.25, 0.3) is 0 Å². The molecular formula is C8H16N2O2. The molecule has 0 aromatic rings. The Hall–Kier alpha value is -0.610. The van der Waals surface area contributed by atoms with Gasteiger partial charge >= 0.3 is 0 Å². The van der Waals surface area contributed by atoms with Gasteiger partial charge in [-0.05, 0) is 13.0 Å². The summed E-state index contributed by atoms with van der Waals surface area (Å²) >= 11 is 0. The molecule has 0 radical (unpaired) electrons. The van der Waals surface area contributed by atoms with Gasteiger partial charge < -0.3 is 15.4 Å². The van der Waals surface area contributed by atoms with Crippen molar-refractivity contribution in [1.82, 2.24) is 10.6 Å². The average Bonchev–Trinajstić information content (AvgIpc) is 2.28. The summed E-state index contributed by atoms with van der Waals surface area (Å²) in [6.07, 6.45) is 1.19. The first-order valence-corrected chi connectivity index (χ1v) is 4.36. The first kappa shape index (κ1) is 9.48. The molecule has 1 aliphatic heterocycles. The van der Waals surface area contributed by atoms with Crippen molar-refractivity contribution in [1.29, 1.82) is 0 Å². The summed E-state index contributed by atoms with van der Waals surface area (Å²) in [6.45, 7) is 4.76. The molecule has 1 aliphatic rings. The minimum atomic E-state index is 0.00264. The molecule has 0 aromatic heterocycles. The third-order valence-corrected chi connectivity index (χ3v) is 1.80. The molecule has 70 valence electrons. The second-order valence-electron chi connectivity index (χ2n) is 2.99. The first-order chi connectivity index (χ1) is 5.79. The van der Waals surface area contributed by atoms with Gasteiger partial charge in [-0.3, -0.25) is 4.79 Å². The van der Waals surface area contributed by atoms with Gasteiger partial charge in [0.1, 0.15) is 0 Å². The lowest BCUT2D eigenvalue weighted by atomic mass is 10.3. The molecule has 1 fully saturated rings. The summed E-state index contributed by atoms with van der Waals surface area (Å²) in [7, 11) is 0. The van der Waals surface area contributed by atoms with Gasteiger partial charge in [-0.1, -0.05) is 0 Å². The van der Waals surface area contributed by atoms with E-state index in [0.29, 0.717) is 6.54 Å². The van der Waals surface area contributed by atoms with E-state index in [1.54, 1.807) is 0 Å². The van der Waals surface area contributed by atoms with Crippen LogP contribution in [0, 0.1) is 0 Å². The van der Waals surface area contributed by atoms with Crippen molar-refractivity contribution in [3.05, 3.63) is 0 Å². The number of carbonyl (C=O) groups is 1. The van der Waals surface area contributed by atoms with E-state index in [2.05, 4.69) is 10.6 Å². The fourth-order valence-corrected chi connectivity index (χ4v) is 1.16. The van der Waals surface area contributed by atoms with Gasteiger partial charge in [-0.15, -0.1) is 0 Å². The zero-order valence-corrected chi connectivity index (χ0v) is 7.43. The highest BCUT2D eigenvalue weighted by molar-refractivity contribution is 5.72. The Labute approximate surface area is 72.7 Å². The quantitative estimate of drug-likeness (QED) is 0.590. The van der Waals surface area contributed by atoms with Gasteiger partial charge in [0.2, 0.25) is 5.91 Å². The maximum Gasteiger partial charge on any atom is 0.216 e. The van der Waals surface area contributed by atoms with Crippen LogP contribution in [0.2, 0.25) is 0 Å². The molecule has 1 rings (SSSR count). The molecule has 1 atom stereocenters. The van der Waals surface area contributed by atoms with Gasteiger partial charge in [0, 0.05) is 26.6 Å². The number of nitrogens with one attached hydrogen (secondary N) is 2. The van der Waals surface area contributed by atoms with Crippen molar-refractivity contribution < 1.29 is 9.53 Å². The van der Waals surface area contributed by atoms with Crippen molar-refractivity contribution in [2.45, 2.75) is 19.4 Å². The Morgan fingerprint density at radius 1 is 1.75 bits per heavy atom. The van der Waals surface area contributed by atoms with Gasteiger partial charge in [-0.25, -0.2) is 0 Å².